The molecular weight excluding hydrogens is 520 g/mol. The van der Waals surface area contributed by atoms with Gasteiger partial charge in [-0.1, -0.05) is 23.5 Å². The number of fused-ring (bicyclic) bond motifs is 1. The maximum absolute atomic E-state index is 13.8. The van der Waals surface area contributed by atoms with E-state index in [0.29, 0.717) is 29.8 Å². The summed E-state index contributed by atoms with van der Waals surface area (Å²) in [5.41, 5.74) is 2.94. The number of nitrogens with zero attached hydrogens (tertiary/aromatic N) is 3. The van der Waals surface area contributed by atoms with Gasteiger partial charge in [0.25, 0.3) is 0 Å². The Bertz CT molecular complexity index is 1520. The molecule has 37 heavy (non-hydrogen) atoms. The highest BCUT2D eigenvalue weighted by Crippen LogP contribution is 2.35. The van der Waals surface area contributed by atoms with Crippen molar-refractivity contribution in [2.24, 2.45) is 5.92 Å². The van der Waals surface area contributed by atoms with Gasteiger partial charge in [0.1, 0.15) is 5.76 Å². The number of amides is 1. The third kappa shape index (κ3) is 4.90. The van der Waals surface area contributed by atoms with Gasteiger partial charge in [0.15, 0.2) is 16.8 Å². The molecule has 1 aliphatic heterocycles. The van der Waals surface area contributed by atoms with E-state index in [1.54, 1.807) is 23.3 Å². The first-order chi connectivity index (χ1) is 17.6. The van der Waals surface area contributed by atoms with Crippen molar-refractivity contribution in [1.29, 1.82) is 0 Å². The van der Waals surface area contributed by atoms with Gasteiger partial charge in [0.2, 0.25) is 15.9 Å². The van der Waals surface area contributed by atoms with Crippen molar-refractivity contribution in [2.45, 2.75) is 38.1 Å². The number of aryl methyl sites for hydroxylation is 2. The number of carbonyl (C=O) groups excluding carboxylic acids is 1. The van der Waals surface area contributed by atoms with Crippen molar-refractivity contribution in [3.63, 3.8) is 0 Å². The second-order valence-electron chi connectivity index (χ2n) is 9.13. The maximum Gasteiger partial charge on any atom is 0.243 e. The van der Waals surface area contributed by atoms with Crippen molar-refractivity contribution in [1.82, 2.24) is 9.29 Å². The van der Waals surface area contributed by atoms with Gasteiger partial charge in [0, 0.05) is 19.0 Å². The van der Waals surface area contributed by atoms with Gasteiger partial charge in [-0.15, -0.1) is 0 Å². The molecular formula is C26H25F2N3O4S2. The van der Waals surface area contributed by atoms with E-state index in [0.717, 1.165) is 33.5 Å². The van der Waals surface area contributed by atoms with Gasteiger partial charge < -0.3 is 4.42 Å². The van der Waals surface area contributed by atoms with E-state index in [2.05, 4.69) is 0 Å². The molecule has 0 bridgehead atoms. The molecule has 0 N–H and O–H groups in total. The molecule has 0 unspecified atom stereocenters. The number of anilines is 1. The summed E-state index contributed by atoms with van der Waals surface area (Å²) in [6, 6.07) is 10.1. The molecule has 1 fully saturated rings. The average Bonchev–Trinajstić information content (AvgIpc) is 3.57. The van der Waals surface area contributed by atoms with Gasteiger partial charge in [-0.05, 0) is 68.1 Å². The van der Waals surface area contributed by atoms with E-state index < -0.39 is 27.6 Å². The lowest BCUT2D eigenvalue weighted by atomic mass is 9.96. The van der Waals surface area contributed by atoms with Crippen LogP contribution in [0.15, 0.2) is 58.0 Å². The number of carbonyl (C=O) groups is 1. The molecule has 1 amide bonds. The minimum absolute atomic E-state index is 0.0877. The number of furan rings is 1. The first kappa shape index (κ1) is 25.5. The van der Waals surface area contributed by atoms with E-state index >= 15 is 0 Å². The molecule has 4 aromatic rings. The van der Waals surface area contributed by atoms with Gasteiger partial charge in [0.05, 0.1) is 27.9 Å². The van der Waals surface area contributed by atoms with Crippen LogP contribution in [0.5, 0.6) is 0 Å². The molecule has 7 nitrogen and oxygen atoms in total. The largest absolute Gasteiger partial charge is 0.467 e. The molecule has 194 valence electrons. The zero-order valence-electron chi connectivity index (χ0n) is 20.3. The van der Waals surface area contributed by atoms with Gasteiger partial charge >= 0.3 is 0 Å². The molecule has 3 heterocycles. The lowest BCUT2D eigenvalue weighted by Crippen LogP contribution is -2.44. The molecule has 1 saturated heterocycles. The van der Waals surface area contributed by atoms with Crippen LogP contribution in [0, 0.1) is 31.4 Å². The number of piperidine rings is 1. The number of aromatic nitrogens is 1. The first-order valence-corrected chi connectivity index (χ1v) is 14.1. The van der Waals surface area contributed by atoms with Gasteiger partial charge in [-0.25, -0.2) is 22.2 Å². The smallest absolute Gasteiger partial charge is 0.243 e. The topological polar surface area (TPSA) is 83.7 Å². The van der Waals surface area contributed by atoms with Crippen LogP contribution in [0.1, 0.15) is 29.7 Å². The monoisotopic (exact) mass is 545 g/mol. The van der Waals surface area contributed by atoms with Crippen LogP contribution < -0.4 is 4.90 Å². The molecule has 5 rings (SSSR count). The fourth-order valence-corrected chi connectivity index (χ4v) is 7.11. The maximum atomic E-state index is 13.8. The highest BCUT2D eigenvalue weighted by molar-refractivity contribution is 7.89. The van der Waals surface area contributed by atoms with E-state index in [-0.39, 0.29) is 30.4 Å². The molecule has 2 aromatic carbocycles. The summed E-state index contributed by atoms with van der Waals surface area (Å²) in [4.78, 5) is 19.9. The molecule has 11 heteroatoms. The predicted molar refractivity (Wildman–Crippen MR) is 137 cm³/mol. The van der Waals surface area contributed by atoms with Crippen LogP contribution in [0.3, 0.4) is 0 Å². The van der Waals surface area contributed by atoms with Gasteiger partial charge in [-0.3, -0.25) is 9.69 Å². The Morgan fingerprint density at radius 2 is 1.84 bits per heavy atom. The van der Waals surface area contributed by atoms with E-state index in [1.807, 2.05) is 26.0 Å². The minimum atomic E-state index is -4.01. The number of hydrogen-bond donors (Lipinski definition) is 0. The zero-order valence-corrected chi connectivity index (χ0v) is 21.9. The highest BCUT2D eigenvalue weighted by atomic mass is 32.2. The number of rotatable bonds is 6. The van der Waals surface area contributed by atoms with E-state index in [4.69, 9.17) is 9.40 Å². The Labute approximate surface area is 217 Å². The fourth-order valence-electron chi connectivity index (χ4n) is 4.51. The number of sulfonamides is 1. The summed E-state index contributed by atoms with van der Waals surface area (Å²) in [5.74, 6) is -2.31. The fraction of sp³-hybridized carbons (Fsp3) is 0.308. The van der Waals surface area contributed by atoms with Crippen LogP contribution in [0.2, 0.25) is 0 Å². The summed E-state index contributed by atoms with van der Waals surface area (Å²) in [5, 5.41) is 0.561. The summed E-state index contributed by atoms with van der Waals surface area (Å²) < 4.78 is 60.6. The lowest BCUT2D eigenvalue weighted by Gasteiger charge is -2.32. The van der Waals surface area contributed by atoms with Crippen LogP contribution in [0.25, 0.3) is 10.2 Å². The van der Waals surface area contributed by atoms with E-state index in [1.165, 1.54) is 15.6 Å². The van der Waals surface area contributed by atoms with Crippen LogP contribution in [-0.2, 0) is 21.4 Å². The van der Waals surface area contributed by atoms with Crippen LogP contribution >= 0.6 is 11.3 Å². The second kappa shape index (κ2) is 9.96. The van der Waals surface area contributed by atoms with Crippen molar-refractivity contribution < 1.29 is 26.4 Å². The number of hydrogen-bond acceptors (Lipinski definition) is 6. The summed E-state index contributed by atoms with van der Waals surface area (Å²) in [7, 11) is -4.01. The van der Waals surface area contributed by atoms with Crippen molar-refractivity contribution in [3.05, 3.63) is 77.2 Å². The Morgan fingerprint density at radius 1 is 1.11 bits per heavy atom. The molecule has 0 spiro atoms. The molecule has 2 aromatic heterocycles. The van der Waals surface area contributed by atoms with E-state index in [9.17, 15) is 22.0 Å². The molecule has 1 aliphatic rings. The molecule has 0 aliphatic carbocycles. The normalized spacial score (nSPS) is 15.4. The minimum Gasteiger partial charge on any atom is -0.467 e. The SMILES string of the molecule is Cc1ccc(C)c2sc(N(Cc3ccco3)C(=O)C3CCN(S(=O)(=O)c4ccc(F)c(F)c4)CC3)nc12. The predicted octanol–water partition coefficient (Wildman–Crippen LogP) is 5.42. The first-order valence-electron chi connectivity index (χ1n) is 11.8. The Balaban J connectivity index is 1.38. The highest BCUT2D eigenvalue weighted by Gasteiger charge is 2.35. The summed E-state index contributed by atoms with van der Waals surface area (Å²) in [6.45, 7) is 4.37. The van der Waals surface area contributed by atoms with Crippen LogP contribution in [-0.4, -0.2) is 36.7 Å². The molecule has 0 radical (unpaired) electrons. The van der Waals surface area contributed by atoms with Crippen LogP contribution in [0.4, 0.5) is 13.9 Å². The van der Waals surface area contributed by atoms with Gasteiger partial charge in [-0.2, -0.15) is 4.31 Å². The standard InChI is InChI=1S/C26H25F2N3O4S2/c1-16-5-6-17(2)24-23(16)29-26(36-24)31(15-19-4-3-13-35-19)25(32)18-9-11-30(12-10-18)37(33,34)20-7-8-21(27)22(28)14-20/h3-8,13-14,18H,9-12,15H2,1-2H3. The van der Waals surface area contributed by atoms with Crippen molar-refractivity contribution in [3.8, 4) is 0 Å². The third-order valence-corrected chi connectivity index (χ3v) is 9.76. The van der Waals surface area contributed by atoms with Crippen molar-refractivity contribution in [2.75, 3.05) is 18.0 Å². The third-order valence-electron chi connectivity index (χ3n) is 6.65. The quantitative estimate of drug-likeness (QED) is 0.323. The summed E-state index contributed by atoms with van der Waals surface area (Å²) in [6.07, 6.45) is 2.13. The Hall–Kier alpha value is -3.15. The number of thiazole rings is 1. The second-order valence-corrected chi connectivity index (χ2v) is 12.0. The average molecular weight is 546 g/mol. The number of benzene rings is 2. The molecule has 0 atom stereocenters. The number of halogens is 2. The summed E-state index contributed by atoms with van der Waals surface area (Å²) >= 11 is 1.44. The molecule has 0 saturated carbocycles. The lowest BCUT2D eigenvalue weighted by molar-refractivity contribution is -0.123. The Morgan fingerprint density at radius 3 is 2.49 bits per heavy atom. The zero-order chi connectivity index (χ0) is 26.3. The van der Waals surface area contributed by atoms with Crippen molar-refractivity contribution >= 4 is 42.6 Å². The Kier molecular flexibility index (Phi) is 6.86.